The second-order valence-corrected chi connectivity index (χ2v) is 9.73. The maximum atomic E-state index is 12.9. The van der Waals surface area contributed by atoms with Crippen molar-refractivity contribution in [3.05, 3.63) is 95.6 Å². The van der Waals surface area contributed by atoms with Crippen molar-refractivity contribution in [2.45, 2.75) is 39.2 Å². The first-order valence-electron chi connectivity index (χ1n) is 11.8. The lowest BCUT2D eigenvalue weighted by Crippen LogP contribution is -2.49. The van der Waals surface area contributed by atoms with Gasteiger partial charge in [0.25, 0.3) is 0 Å². The molecule has 0 aromatic heterocycles. The predicted molar refractivity (Wildman–Crippen MR) is 135 cm³/mol. The molecule has 0 N–H and O–H groups in total. The van der Waals surface area contributed by atoms with Gasteiger partial charge in [-0.15, -0.1) is 0 Å². The Morgan fingerprint density at radius 2 is 1.42 bits per heavy atom. The summed E-state index contributed by atoms with van der Waals surface area (Å²) in [4.78, 5) is 17.3. The maximum absolute atomic E-state index is 12.9. The molecule has 1 aliphatic rings. The van der Waals surface area contributed by atoms with Gasteiger partial charge in [-0.25, -0.2) is 0 Å². The van der Waals surface area contributed by atoms with Gasteiger partial charge in [0.05, 0.1) is 6.42 Å². The molecule has 4 heteroatoms. The Bertz CT molecular complexity index is 1050. The second kappa shape index (κ2) is 10.1. The first-order valence-corrected chi connectivity index (χ1v) is 11.8. The third-order valence-corrected chi connectivity index (χ3v) is 6.21. The summed E-state index contributed by atoms with van der Waals surface area (Å²) in [5, 5.41) is 0. The third kappa shape index (κ3) is 5.95. The van der Waals surface area contributed by atoms with Crippen molar-refractivity contribution >= 4 is 11.6 Å². The fourth-order valence-electron chi connectivity index (χ4n) is 4.31. The van der Waals surface area contributed by atoms with Crippen LogP contribution in [0.1, 0.15) is 37.5 Å². The van der Waals surface area contributed by atoms with E-state index in [1.54, 1.807) is 0 Å². The molecule has 0 unspecified atom stereocenters. The third-order valence-electron chi connectivity index (χ3n) is 6.21. The van der Waals surface area contributed by atoms with Crippen LogP contribution in [0.2, 0.25) is 0 Å². The number of carbonyl (C=O) groups excluding carboxylic acids is 1. The molecule has 1 saturated heterocycles. The first-order chi connectivity index (χ1) is 15.9. The molecule has 3 aromatic carbocycles. The summed E-state index contributed by atoms with van der Waals surface area (Å²) in [6, 6.07) is 26.7. The van der Waals surface area contributed by atoms with Gasteiger partial charge in [0.1, 0.15) is 12.4 Å². The van der Waals surface area contributed by atoms with Gasteiger partial charge in [-0.2, -0.15) is 0 Å². The quantitative estimate of drug-likeness (QED) is 0.509. The number of amides is 1. The van der Waals surface area contributed by atoms with Gasteiger partial charge < -0.3 is 14.5 Å². The highest BCUT2D eigenvalue weighted by Crippen LogP contribution is 2.32. The maximum Gasteiger partial charge on any atom is 0.227 e. The molecule has 33 heavy (non-hydrogen) atoms. The van der Waals surface area contributed by atoms with Gasteiger partial charge >= 0.3 is 0 Å². The normalized spacial score (nSPS) is 14.3. The molecule has 0 saturated carbocycles. The Morgan fingerprint density at radius 1 is 0.788 bits per heavy atom. The lowest BCUT2D eigenvalue weighted by atomic mass is 9.85. The van der Waals surface area contributed by atoms with Crippen molar-refractivity contribution in [1.29, 1.82) is 0 Å². The molecule has 0 aliphatic carbocycles. The lowest BCUT2D eigenvalue weighted by Gasteiger charge is -2.38. The fourth-order valence-corrected chi connectivity index (χ4v) is 4.31. The summed E-state index contributed by atoms with van der Waals surface area (Å²) < 4.78 is 5.85. The van der Waals surface area contributed by atoms with E-state index in [0.29, 0.717) is 13.0 Å². The number of rotatable bonds is 6. The van der Waals surface area contributed by atoms with Crippen LogP contribution in [0.25, 0.3) is 0 Å². The summed E-state index contributed by atoms with van der Waals surface area (Å²) in [5.74, 6) is 1.01. The number of nitrogens with zero attached hydrogens (tertiary/aromatic N) is 2. The highest BCUT2D eigenvalue weighted by Gasteiger charge is 2.25. The van der Waals surface area contributed by atoms with Crippen molar-refractivity contribution in [2.24, 2.45) is 0 Å². The molecule has 3 aromatic rings. The van der Waals surface area contributed by atoms with E-state index in [2.05, 4.69) is 62.1 Å². The van der Waals surface area contributed by atoms with Gasteiger partial charge in [-0.3, -0.25) is 4.79 Å². The van der Waals surface area contributed by atoms with Crippen molar-refractivity contribution in [3.8, 4) is 5.75 Å². The van der Waals surface area contributed by atoms with Crippen LogP contribution in [0.4, 0.5) is 5.69 Å². The SMILES string of the molecule is CC(C)(C)c1ccccc1N1CCN(C(=O)Cc2ccc(OCc3ccccc3)cc2)CC1. The molecule has 1 heterocycles. The van der Waals surface area contributed by atoms with Crippen LogP contribution in [0.15, 0.2) is 78.9 Å². The van der Waals surface area contributed by atoms with Crippen molar-refractivity contribution < 1.29 is 9.53 Å². The number of para-hydroxylation sites is 1. The average Bonchev–Trinajstić information content (AvgIpc) is 2.84. The molecule has 0 radical (unpaired) electrons. The summed E-state index contributed by atoms with van der Waals surface area (Å²) in [5.41, 5.74) is 4.91. The van der Waals surface area contributed by atoms with Crippen molar-refractivity contribution in [3.63, 3.8) is 0 Å². The first kappa shape index (κ1) is 22.9. The topological polar surface area (TPSA) is 32.8 Å². The largest absolute Gasteiger partial charge is 0.489 e. The zero-order valence-corrected chi connectivity index (χ0v) is 20.0. The number of benzene rings is 3. The van der Waals surface area contributed by atoms with E-state index < -0.39 is 0 Å². The smallest absolute Gasteiger partial charge is 0.227 e. The van der Waals surface area contributed by atoms with E-state index in [1.165, 1.54) is 11.3 Å². The van der Waals surface area contributed by atoms with Crippen molar-refractivity contribution in [1.82, 2.24) is 4.90 Å². The summed E-state index contributed by atoms with van der Waals surface area (Å²) in [6.45, 7) is 10.6. The van der Waals surface area contributed by atoms with E-state index in [-0.39, 0.29) is 11.3 Å². The van der Waals surface area contributed by atoms with Gasteiger partial charge in [-0.1, -0.05) is 81.4 Å². The van der Waals surface area contributed by atoms with Gasteiger partial charge in [0, 0.05) is 31.9 Å². The van der Waals surface area contributed by atoms with Crippen LogP contribution in [-0.2, 0) is 23.2 Å². The summed E-state index contributed by atoms with van der Waals surface area (Å²) >= 11 is 0. The molecule has 0 atom stereocenters. The minimum Gasteiger partial charge on any atom is -0.489 e. The molecule has 1 fully saturated rings. The second-order valence-electron chi connectivity index (χ2n) is 9.73. The molecule has 0 bridgehead atoms. The van der Waals surface area contributed by atoms with Crippen LogP contribution in [-0.4, -0.2) is 37.0 Å². The zero-order valence-electron chi connectivity index (χ0n) is 20.0. The van der Waals surface area contributed by atoms with E-state index in [1.807, 2.05) is 47.4 Å². The predicted octanol–water partition coefficient (Wildman–Crippen LogP) is 5.45. The molecule has 1 amide bonds. The van der Waals surface area contributed by atoms with Crippen molar-refractivity contribution in [2.75, 3.05) is 31.1 Å². The standard InChI is InChI=1S/C29H34N2O2/c1-29(2,3)26-11-7-8-12-27(26)30-17-19-31(20-18-30)28(32)21-23-13-15-25(16-14-23)33-22-24-9-5-4-6-10-24/h4-16H,17-22H2,1-3H3. The molecular weight excluding hydrogens is 408 g/mol. The molecular formula is C29H34N2O2. The highest BCUT2D eigenvalue weighted by atomic mass is 16.5. The Labute approximate surface area is 197 Å². The zero-order chi connectivity index (χ0) is 23.3. The summed E-state index contributed by atoms with van der Waals surface area (Å²) in [6.07, 6.45) is 0.428. The molecule has 0 spiro atoms. The lowest BCUT2D eigenvalue weighted by molar-refractivity contribution is -0.130. The van der Waals surface area contributed by atoms with Crippen LogP contribution in [0, 0.1) is 0 Å². The van der Waals surface area contributed by atoms with Gasteiger partial charge in [0.15, 0.2) is 0 Å². The molecule has 1 aliphatic heterocycles. The Balaban J connectivity index is 1.29. The Morgan fingerprint density at radius 3 is 2.09 bits per heavy atom. The molecule has 4 nitrogen and oxygen atoms in total. The van der Waals surface area contributed by atoms with Gasteiger partial charge in [0.2, 0.25) is 5.91 Å². The number of hydrogen-bond donors (Lipinski definition) is 0. The van der Waals surface area contributed by atoms with Crippen LogP contribution in [0.3, 0.4) is 0 Å². The van der Waals surface area contributed by atoms with E-state index in [4.69, 9.17) is 4.74 Å². The van der Waals surface area contributed by atoms with Crippen LogP contribution in [0.5, 0.6) is 5.75 Å². The van der Waals surface area contributed by atoms with Crippen LogP contribution >= 0.6 is 0 Å². The van der Waals surface area contributed by atoms with E-state index >= 15 is 0 Å². The minimum atomic E-state index is 0.0977. The Hall–Kier alpha value is -3.27. The number of carbonyl (C=O) groups is 1. The summed E-state index contributed by atoms with van der Waals surface area (Å²) in [7, 11) is 0. The molecule has 172 valence electrons. The molecule has 4 rings (SSSR count). The van der Waals surface area contributed by atoms with Crippen LogP contribution < -0.4 is 9.64 Å². The van der Waals surface area contributed by atoms with E-state index in [9.17, 15) is 4.79 Å². The fraction of sp³-hybridized carbons (Fsp3) is 0.345. The number of piperazine rings is 1. The average molecular weight is 443 g/mol. The number of hydrogen-bond acceptors (Lipinski definition) is 3. The Kier molecular flexibility index (Phi) is 7.02. The number of anilines is 1. The minimum absolute atomic E-state index is 0.0977. The monoisotopic (exact) mass is 442 g/mol. The van der Waals surface area contributed by atoms with E-state index in [0.717, 1.165) is 43.1 Å². The number of ether oxygens (including phenoxy) is 1. The highest BCUT2D eigenvalue weighted by molar-refractivity contribution is 5.79. The van der Waals surface area contributed by atoms with Gasteiger partial charge in [-0.05, 0) is 40.3 Å².